The van der Waals surface area contributed by atoms with E-state index in [2.05, 4.69) is 52.3 Å². The van der Waals surface area contributed by atoms with Crippen molar-refractivity contribution in [2.45, 2.75) is 131 Å². The summed E-state index contributed by atoms with van der Waals surface area (Å²) in [6, 6.07) is 1.98. The van der Waals surface area contributed by atoms with E-state index in [-0.39, 0.29) is 31.1 Å². The van der Waals surface area contributed by atoms with E-state index in [1.807, 2.05) is 40.2 Å². The number of benzene rings is 2. The zero-order chi connectivity index (χ0) is 50.7. The number of esters is 2. The van der Waals surface area contributed by atoms with E-state index >= 15 is 0 Å². The fourth-order valence-corrected chi connectivity index (χ4v) is 11.0. The quantitative estimate of drug-likeness (QED) is 0.0326. The van der Waals surface area contributed by atoms with Crippen molar-refractivity contribution >= 4 is 48.3 Å². The highest BCUT2D eigenvalue weighted by Gasteiger charge is 2.35. The molecule has 0 aliphatic carbocycles. The van der Waals surface area contributed by atoms with Gasteiger partial charge in [-0.1, -0.05) is 62.6 Å². The van der Waals surface area contributed by atoms with Gasteiger partial charge < -0.3 is 42.5 Å². The number of nitrogens with zero attached hydrogens (tertiary/aromatic N) is 1. The molecule has 16 heteroatoms. The summed E-state index contributed by atoms with van der Waals surface area (Å²) in [4.78, 5) is 39.1. The Morgan fingerprint density at radius 2 is 1.07 bits per heavy atom. The third-order valence-electron chi connectivity index (χ3n) is 12.1. The van der Waals surface area contributed by atoms with E-state index in [9.17, 15) is 23.5 Å². The van der Waals surface area contributed by atoms with Gasteiger partial charge in [0.05, 0.1) is 41.7 Å². The van der Waals surface area contributed by atoms with Gasteiger partial charge in [0.2, 0.25) is 5.91 Å². The summed E-state index contributed by atoms with van der Waals surface area (Å²) in [5, 5.41) is 0. The zero-order valence-corrected chi connectivity index (χ0v) is 47.9. The second kappa shape index (κ2) is 24.8. The predicted molar refractivity (Wildman–Crippen MR) is 281 cm³/mol. The van der Waals surface area contributed by atoms with E-state index in [1.165, 1.54) is 12.5 Å². The highest BCUT2D eigenvalue weighted by molar-refractivity contribution is 7.62. The van der Waals surface area contributed by atoms with Crippen LogP contribution in [-0.4, -0.2) is 118 Å². The summed E-state index contributed by atoms with van der Waals surface area (Å²) in [5.41, 5.74) is 8.64. The molecule has 0 fully saturated rings. The second-order valence-corrected chi connectivity index (χ2v) is 40.0. The average Bonchev–Trinajstić information content (AvgIpc) is 3.79. The molecule has 0 saturated heterocycles. The van der Waals surface area contributed by atoms with Crippen molar-refractivity contribution in [1.29, 1.82) is 0 Å². The van der Waals surface area contributed by atoms with Crippen molar-refractivity contribution in [1.82, 2.24) is 4.90 Å². The maximum Gasteiger partial charge on any atom is 0.342 e. The minimum absolute atomic E-state index is 0.0460. The van der Waals surface area contributed by atoms with Crippen LogP contribution < -0.4 is 18.9 Å². The Hall–Kier alpha value is -3.58. The molecule has 0 spiro atoms. The number of ether oxygens (including phenoxy) is 6. The smallest absolute Gasteiger partial charge is 0.342 e. The van der Waals surface area contributed by atoms with Crippen molar-refractivity contribution in [2.75, 3.05) is 79.5 Å². The fraction of sp³-hybridized carbons (Fsp3) is 0.627. The number of rotatable bonds is 24. The van der Waals surface area contributed by atoms with Crippen molar-refractivity contribution in [3.05, 3.63) is 67.8 Å². The maximum atomic E-state index is 12.6. The Kier molecular flexibility index (Phi) is 21.4. The summed E-state index contributed by atoms with van der Waals surface area (Å²) < 4.78 is 58.9. The van der Waals surface area contributed by atoms with Crippen LogP contribution in [0.2, 0.25) is 51.4 Å². The Morgan fingerprint density at radius 1 is 0.657 bits per heavy atom. The SMILES string of the molecule is COc1c(C)c2c(c(OCC[Si](C)(C)C)c1C/C=C(\C)CCCCP(C)(C)=O)C(=O)OC2.COc1c(C)c2c(c(OCC[Si](C)(C)C)c1C/C=C(\C)CN(CCP(C)(C)=O)C(C)=O)C(=O)OC2. The molecule has 67 heavy (non-hydrogen) atoms. The van der Waals surface area contributed by atoms with Crippen LogP contribution in [0.1, 0.15) is 94.1 Å². The van der Waals surface area contributed by atoms with Gasteiger partial charge in [0.1, 0.15) is 47.3 Å². The standard InChI is InChI=1S/C26H42NO6PSi.C25H41O5PSi/c1-18(16-27(20(3)28)12-14-34(5,6)30)10-11-21-24(31-4)19(2)22-17-33-26(29)23(22)25(21)32-13-15-35(7,8)9;1-18(11-9-10-15-31(4,5)27)12-13-20-23(28-3)19(2)21-17-30-25(26)22(21)24(20)29-14-16-32(6,7)8/h10H,11-17H2,1-9H3;12H,9-11,13-17H2,1-8H3/b18-10+;18-12+. The van der Waals surface area contributed by atoms with Gasteiger partial charge in [-0.25, -0.2) is 9.59 Å². The molecule has 0 N–H and O–H groups in total. The van der Waals surface area contributed by atoms with Crippen LogP contribution in [0.3, 0.4) is 0 Å². The summed E-state index contributed by atoms with van der Waals surface area (Å²) in [6.07, 6.45) is 9.65. The minimum atomic E-state index is -2.21. The molecule has 2 aliphatic rings. The third kappa shape index (κ3) is 18.0. The molecule has 0 bridgehead atoms. The Bertz CT molecular complexity index is 2260. The molecule has 2 aromatic rings. The Balaban J connectivity index is 0.000000357. The molecule has 12 nitrogen and oxygen atoms in total. The first-order chi connectivity index (χ1) is 31.0. The van der Waals surface area contributed by atoms with E-state index in [0.29, 0.717) is 73.7 Å². The number of amides is 1. The van der Waals surface area contributed by atoms with Gasteiger partial charge in [0.15, 0.2) is 0 Å². The molecular weight excluding hydrogens is 921 g/mol. The molecule has 4 rings (SSSR count). The van der Waals surface area contributed by atoms with Gasteiger partial charge in [-0.3, -0.25) is 4.79 Å². The average molecular weight is 1000 g/mol. The number of unbranched alkanes of at least 4 members (excludes halogenated alkanes) is 1. The normalized spacial score (nSPS) is 14.2. The maximum absolute atomic E-state index is 12.6. The number of methoxy groups -OCH3 is 2. The number of carbonyl (C=O) groups excluding carboxylic acids is 3. The van der Waals surface area contributed by atoms with Crippen LogP contribution in [0, 0.1) is 13.8 Å². The first-order valence-electron chi connectivity index (χ1n) is 23.7. The molecule has 0 atom stereocenters. The molecule has 1 amide bonds. The van der Waals surface area contributed by atoms with E-state index in [1.54, 1.807) is 32.4 Å². The zero-order valence-electron chi connectivity index (χ0n) is 44.1. The van der Waals surface area contributed by atoms with Crippen molar-refractivity contribution in [2.24, 2.45) is 0 Å². The third-order valence-corrected chi connectivity index (χ3v) is 18.1. The van der Waals surface area contributed by atoms with Gasteiger partial charge in [-0.05, 0) is 110 Å². The van der Waals surface area contributed by atoms with Gasteiger partial charge in [0, 0.05) is 70.7 Å². The van der Waals surface area contributed by atoms with Crippen molar-refractivity contribution < 1.29 is 51.9 Å². The largest absolute Gasteiger partial charge is 0.496 e. The van der Waals surface area contributed by atoms with E-state index in [4.69, 9.17) is 28.4 Å². The molecule has 2 heterocycles. The van der Waals surface area contributed by atoms with E-state index in [0.717, 1.165) is 82.2 Å². The molecule has 376 valence electrons. The number of allylic oxidation sites excluding steroid dienone is 3. The first-order valence-corrected chi connectivity index (χ1v) is 36.7. The van der Waals surface area contributed by atoms with Gasteiger partial charge in [-0.15, -0.1) is 0 Å². The van der Waals surface area contributed by atoms with Crippen molar-refractivity contribution in [3.8, 4) is 23.0 Å². The Labute approximate surface area is 405 Å². The second-order valence-electron chi connectivity index (χ2n) is 21.6. The lowest BCUT2D eigenvalue weighted by atomic mass is 9.94. The van der Waals surface area contributed by atoms with Gasteiger partial charge in [0.25, 0.3) is 0 Å². The van der Waals surface area contributed by atoms with Gasteiger partial charge in [-0.2, -0.15) is 0 Å². The first kappa shape index (κ1) is 57.7. The lowest BCUT2D eigenvalue weighted by Crippen LogP contribution is -2.33. The fourth-order valence-electron chi connectivity index (χ4n) is 7.88. The molecule has 0 unspecified atom stereocenters. The van der Waals surface area contributed by atoms with Crippen LogP contribution in [0.4, 0.5) is 0 Å². The molecule has 0 radical (unpaired) electrons. The monoisotopic (exact) mass is 1000 g/mol. The van der Waals surface area contributed by atoms with Crippen LogP contribution in [0.25, 0.3) is 0 Å². The summed E-state index contributed by atoms with van der Waals surface area (Å²) in [5.74, 6) is 1.96. The molecular formula is C51H83NO11P2Si2. The molecule has 0 saturated carbocycles. The lowest BCUT2D eigenvalue weighted by Gasteiger charge is -2.23. The summed E-state index contributed by atoms with van der Waals surface area (Å²) >= 11 is 0. The van der Waals surface area contributed by atoms with E-state index < -0.39 is 30.4 Å². The highest BCUT2D eigenvalue weighted by Crippen LogP contribution is 2.45. The number of hydrogen-bond acceptors (Lipinski definition) is 11. The number of hydrogen-bond donors (Lipinski definition) is 0. The predicted octanol–water partition coefficient (Wildman–Crippen LogP) is 12.0. The topological polar surface area (TPSA) is 144 Å². The molecule has 0 aromatic heterocycles. The van der Waals surface area contributed by atoms with Crippen LogP contribution in [-0.2, 0) is 49.5 Å². The van der Waals surface area contributed by atoms with Crippen LogP contribution >= 0.6 is 14.3 Å². The molecule has 2 aromatic carbocycles. The van der Waals surface area contributed by atoms with Crippen LogP contribution in [0.15, 0.2) is 23.3 Å². The Morgan fingerprint density at radius 3 is 1.45 bits per heavy atom. The molecule has 2 aliphatic heterocycles. The number of fused-ring (bicyclic) bond motifs is 2. The highest BCUT2D eigenvalue weighted by atomic mass is 31.2. The van der Waals surface area contributed by atoms with Crippen molar-refractivity contribution in [3.63, 3.8) is 0 Å². The lowest BCUT2D eigenvalue weighted by molar-refractivity contribution is -0.128. The number of cyclic esters (lactones) is 2. The summed E-state index contributed by atoms with van der Waals surface area (Å²) in [7, 11) is -3.46. The summed E-state index contributed by atoms with van der Waals surface area (Å²) in [6.45, 7) is 33.1. The minimum Gasteiger partial charge on any atom is -0.496 e. The van der Waals surface area contributed by atoms with Gasteiger partial charge >= 0.3 is 11.9 Å². The van der Waals surface area contributed by atoms with Crippen LogP contribution in [0.5, 0.6) is 23.0 Å². The number of carbonyl (C=O) groups is 3.